The Hall–Kier alpha value is -0.360. The molecule has 0 fully saturated rings. The maximum Gasteiger partial charge on any atom is 0.130 e. The van der Waals surface area contributed by atoms with Crippen molar-refractivity contribution >= 4 is 43.5 Å². The number of hydrogen-bond acceptors (Lipinski definition) is 2. The first kappa shape index (κ1) is 15.0. The summed E-state index contributed by atoms with van der Waals surface area (Å²) in [7, 11) is 1.83. The third-order valence-electron chi connectivity index (χ3n) is 3.05. The number of nitrogens with zero attached hydrogens (tertiary/aromatic N) is 2. The molecule has 2 rings (SSSR count). The maximum absolute atomic E-state index is 6.30. The summed E-state index contributed by atoms with van der Waals surface area (Å²) in [5.41, 5.74) is 9.28. The van der Waals surface area contributed by atoms with Gasteiger partial charge in [-0.3, -0.25) is 4.68 Å². The van der Waals surface area contributed by atoms with E-state index < -0.39 is 0 Å². The van der Waals surface area contributed by atoms with E-state index in [0.29, 0.717) is 11.6 Å². The molecule has 1 unspecified atom stereocenters. The smallest absolute Gasteiger partial charge is 0.130 e. The molecule has 2 N–H and O–H groups in total. The van der Waals surface area contributed by atoms with Crippen LogP contribution < -0.4 is 5.73 Å². The molecular formula is C13H14Br2ClN3. The van der Waals surface area contributed by atoms with Crippen molar-refractivity contribution in [1.82, 2.24) is 9.78 Å². The van der Waals surface area contributed by atoms with Gasteiger partial charge >= 0.3 is 0 Å². The van der Waals surface area contributed by atoms with E-state index in [-0.39, 0.29) is 6.04 Å². The molecule has 0 aliphatic rings. The van der Waals surface area contributed by atoms with E-state index >= 15 is 0 Å². The van der Waals surface area contributed by atoms with Crippen LogP contribution in [0.25, 0.3) is 0 Å². The van der Waals surface area contributed by atoms with Gasteiger partial charge in [0.2, 0.25) is 0 Å². The van der Waals surface area contributed by atoms with Crippen LogP contribution in [0, 0.1) is 6.92 Å². The highest BCUT2D eigenvalue weighted by atomic mass is 79.9. The largest absolute Gasteiger partial charge is 0.324 e. The lowest BCUT2D eigenvalue weighted by atomic mass is 10.0. The fraction of sp³-hybridized carbons (Fsp3) is 0.308. The Kier molecular flexibility index (Phi) is 4.71. The summed E-state index contributed by atoms with van der Waals surface area (Å²) in [5.74, 6) is 0. The third kappa shape index (κ3) is 3.21. The highest BCUT2D eigenvalue weighted by Gasteiger charge is 2.17. The predicted octanol–water partition coefficient (Wildman–Crippen LogP) is 4.15. The first-order valence-corrected chi connectivity index (χ1v) is 7.75. The molecule has 102 valence electrons. The molecule has 0 saturated carbocycles. The van der Waals surface area contributed by atoms with E-state index in [1.165, 1.54) is 0 Å². The molecule has 6 heteroatoms. The highest BCUT2D eigenvalue weighted by molar-refractivity contribution is 9.11. The van der Waals surface area contributed by atoms with Gasteiger partial charge in [-0.2, -0.15) is 5.10 Å². The van der Waals surface area contributed by atoms with E-state index in [1.54, 1.807) is 4.68 Å². The number of benzene rings is 1. The SMILES string of the molecule is Cc1nn(C)c(Cl)c1CC(N)c1cc(Br)ccc1Br. The fourth-order valence-corrected chi connectivity index (χ4v) is 3.21. The Labute approximate surface area is 134 Å². The van der Waals surface area contributed by atoms with E-state index in [1.807, 2.05) is 32.2 Å². The van der Waals surface area contributed by atoms with Crippen molar-refractivity contribution in [3.8, 4) is 0 Å². The van der Waals surface area contributed by atoms with Gasteiger partial charge in [-0.1, -0.05) is 43.5 Å². The van der Waals surface area contributed by atoms with Crippen LogP contribution in [-0.2, 0) is 13.5 Å². The molecule has 1 aromatic carbocycles. The van der Waals surface area contributed by atoms with Gasteiger partial charge in [-0.15, -0.1) is 0 Å². The Morgan fingerprint density at radius 2 is 2.11 bits per heavy atom. The van der Waals surface area contributed by atoms with Gasteiger partial charge in [0.25, 0.3) is 0 Å². The van der Waals surface area contributed by atoms with Crippen LogP contribution in [-0.4, -0.2) is 9.78 Å². The molecule has 3 nitrogen and oxygen atoms in total. The molecule has 2 aromatic rings. The van der Waals surface area contributed by atoms with Crippen LogP contribution in [0.5, 0.6) is 0 Å². The normalized spacial score (nSPS) is 12.7. The van der Waals surface area contributed by atoms with Crippen molar-refractivity contribution < 1.29 is 0 Å². The molecule has 1 heterocycles. The van der Waals surface area contributed by atoms with Gasteiger partial charge in [0.15, 0.2) is 0 Å². The van der Waals surface area contributed by atoms with Crippen LogP contribution in [0.4, 0.5) is 0 Å². The molecule has 0 aliphatic heterocycles. The average Bonchev–Trinajstić information content (AvgIpc) is 2.59. The van der Waals surface area contributed by atoms with Gasteiger partial charge < -0.3 is 5.73 Å². The highest BCUT2D eigenvalue weighted by Crippen LogP contribution is 2.30. The molecule has 1 atom stereocenters. The minimum atomic E-state index is -0.132. The number of aryl methyl sites for hydroxylation is 2. The van der Waals surface area contributed by atoms with E-state index in [9.17, 15) is 0 Å². The Morgan fingerprint density at radius 3 is 2.68 bits per heavy atom. The van der Waals surface area contributed by atoms with Crippen molar-refractivity contribution in [3.63, 3.8) is 0 Å². The summed E-state index contributed by atoms with van der Waals surface area (Å²) in [4.78, 5) is 0. The molecule has 1 aromatic heterocycles. The summed E-state index contributed by atoms with van der Waals surface area (Å²) in [6.07, 6.45) is 0.660. The van der Waals surface area contributed by atoms with Crippen molar-refractivity contribution in [2.24, 2.45) is 12.8 Å². The van der Waals surface area contributed by atoms with Gasteiger partial charge in [-0.25, -0.2) is 0 Å². The predicted molar refractivity (Wildman–Crippen MR) is 85.4 cm³/mol. The fourth-order valence-electron chi connectivity index (χ4n) is 2.03. The van der Waals surface area contributed by atoms with Crippen molar-refractivity contribution in [2.45, 2.75) is 19.4 Å². The summed E-state index contributed by atoms with van der Waals surface area (Å²) < 4.78 is 3.69. The van der Waals surface area contributed by atoms with Crippen LogP contribution in [0.1, 0.15) is 22.9 Å². The molecular weight excluding hydrogens is 393 g/mol. The van der Waals surface area contributed by atoms with Gasteiger partial charge in [0.05, 0.1) is 5.69 Å². The number of rotatable bonds is 3. The van der Waals surface area contributed by atoms with Crippen LogP contribution >= 0.6 is 43.5 Å². The Balaban J connectivity index is 2.30. The first-order chi connectivity index (χ1) is 8.90. The van der Waals surface area contributed by atoms with Crippen LogP contribution in [0.3, 0.4) is 0 Å². The molecule has 0 spiro atoms. The number of aromatic nitrogens is 2. The Morgan fingerprint density at radius 1 is 1.42 bits per heavy atom. The number of halogens is 3. The quantitative estimate of drug-likeness (QED) is 0.831. The van der Waals surface area contributed by atoms with Crippen molar-refractivity contribution in [3.05, 3.63) is 49.1 Å². The van der Waals surface area contributed by atoms with Crippen molar-refractivity contribution in [1.29, 1.82) is 0 Å². The van der Waals surface area contributed by atoms with Gasteiger partial charge in [0, 0.05) is 27.6 Å². The zero-order valence-electron chi connectivity index (χ0n) is 10.6. The summed E-state index contributed by atoms with van der Waals surface area (Å²) in [6.45, 7) is 1.95. The van der Waals surface area contributed by atoms with E-state index in [2.05, 4.69) is 37.0 Å². The third-order valence-corrected chi connectivity index (χ3v) is 4.74. The lowest BCUT2D eigenvalue weighted by Gasteiger charge is -2.14. The van der Waals surface area contributed by atoms with Crippen molar-refractivity contribution in [2.75, 3.05) is 0 Å². The molecule has 0 aliphatic carbocycles. The summed E-state index contributed by atoms with van der Waals surface area (Å²) in [6, 6.07) is 5.85. The minimum absolute atomic E-state index is 0.132. The standard InChI is InChI=1S/C13H14Br2ClN3/c1-7-9(13(16)19(2)18-7)6-12(17)10-5-8(14)3-4-11(10)15/h3-5,12H,6,17H2,1-2H3. The van der Waals surface area contributed by atoms with Crippen LogP contribution in [0.2, 0.25) is 5.15 Å². The molecule has 19 heavy (non-hydrogen) atoms. The first-order valence-electron chi connectivity index (χ1n) is 5.78. The summed E-state index contributed by atoms with van der Waals surface area (Å²) in [5, 5.41) is 4.96. The van der Waals surface area contributed by atoms with Crippen LogP contribution in [0.15, 0.2) is 27.1 Å². The molecule has 0 radical (unpaired) electrons. The minimum Gasteiger partial charge on any atom is -0.324 e. The van der Waals surface area contributed by atoms with Gasteiger partial charge in [-0.05, 0) is 37.1 Å². The summed E-state index contributed by atoms with van der Waals surface area (Å²) >= 11 is 13.2. The average molecular weight is 408 g/mol. The zero-order valence-corrected chi connectivity index (χ0v) is 14.6. The molecule has 0 saturated heterocycles. The number of nitrogens with two attached hydrogens (primary N) is 1. The topological polar surface area (TPSA) is 43.8 Å². The second-order valence-electron chi connectivity index (χ2n) is 4.45. The monoisotopic (exact) mass is 405 g/mol. The van der Waals surface area contributed by atoms with E-state index in [0.717, 1.165) is 25.8 Å². The maximum atomic E-state index is 6.30. The zero-order chi connectivity index (χ0) is 14.2. The second kappa shape index (κ2) is 5.95. The molecule has 0 amide bonds. The van der Waals surface area contributed by atoms with E-state index in [4.69, 9.17) is 17.3 Å². The number of hydrogen-bond donors (Lipinski definition) is 1. The second-order valence-corrected chi connectivity index (χ2v) is 6.58. The van der Waals surface area contributed by atoms with Gasteiger partial charge in [0.1, 0.15) is 5.15 Å². The lowest BCUT2D eigenvalue weighted by Crippen LogP contribution is -2.14. The Bertz CT molecular complexity index is 610. The molecule has 0 bridgehead atoms. The lowest BCUT2D eigenvalue weighted by molar-refractivity contribution is 0.714.